The van der Waals surface area contributed by atoms with Crippen LogP contribution in [0, 0.1) is 0 Å². The highest BCUT2D eigenvalue weighted by Gasteiger charge is 2.22. The molecule has 38 heavy (non-hydrogen) atoms. The van der Waals surface area contributed by atoms with Gasteiger partial charge in [0.15, 0.2) is 11.5 Å². The molecule has 1 unspecified atom stereocenters. The summed E-state index contributed by atoms with van der Waals surface area (Å²) in [6, 6.07) is 19.2. The number of rotatable bonds is 11. The number of nitrogens with one attached hydrogen (secondary N) is 1. The number of anilines is 1. The Morgan fingerprint density at radius 2 is 1.97 bits per heavy atom. The molecule has 1 fully saturated rings. The van der Waals surface area contributed by atoms with Gasteiger partial charge < -0.3 is 25.3 Å². The number of nitrogens with two attached hydrogens (primary N) is 1. The highest BCUT2D eigenvalue weighted by molar-refractivity contribution is 6.42. The summed E-state index contributed by atoms with van der Waals surface area (Å²) >= 11 is 12.1. The molecule has 1 aliphatic rings. The van der Waals surface area contributed by atoms with Crippen molar-refractivity contribution in [3.8, 4) is 11.5 Å². The van der Waals surface area contributed by atoms with Gasteiger partial charge in [0.2, 0.25) is 0 Å². The van der Waals surface area contributed by atoms with Gasteiger partial charge in [0.25, 0.3) is 0 Å². The fraction of sp³-hybridized carbons (Fsp3) is 0.276. The van der Waals surface area contributed by atoms with Gasteiger partial charge in [-0.2, -0.15) is 0 Å². The van der Waals surface area contributed by atoms with Crippen molar-refractivity contribution in [1.82, 2.24) is 4.90 Å². The van der Waals surface area contributed by atoms with Gasteiger partial charge in [-0.05, 0) is 42.4 Å². The number of amidine groups is 1. The van der Waals surface area contributed by atoms with E-state index in [-0.39, 0.29) is 11.9 Å². The lowest BCUT2D eigenvalue weighted by molar-refractivity contribution is -0.0477. The molecule has 200 valence electrons. The molecule has 7 nitrogen and oxygen atoms in total. The minimum absolute atomic E-state index is 0.0546. The van der Waals surface area contributed by atoms with Crippen molar-refractivity contribution < 1.29 is 14.2 Å². The van der Waals surface area contributed by atoms with E-state index in [1.807, 2.05) is 12.1 Å². The second-order valence-electron chi connectivity index (χ2n) is 8.83. The molecule has 1 aliphatic heterocycles. The smallest absolute Gasteiger partial charge is 0.163 e. The second-order valence-corrected chi connectivity index (χ2v) is 9.65. The molecular formula is C29H32Cl2N4O3. The van der Waals surface area contributed by atoms with E-state index in [0.717, 1.165) is 26.1 Å². The van der Waals surface area contributed by atoms with Gasteiger partial charge in [-0.25, -0.2) is 4.99 Å². The van der Waals surface area contributed by atoms with Crippen molar-refractivity contribution >= 4 is 40.4 Å². The van der Waals surface area contributed by atoms with E-state index in [2.05, 4.69) is 46.1 Å². The molecule has 0 bridgehead atoms. The summed E-state index contributed by atoms with van der Waals surface area (Å²) in [5, 5.41) is 3.96. The average Bonchev–Trinajstić information content (AvgIpc) is 2.93. The van der Waals surface area contributed by atoms with E-state index < -0.39 is 0 Å². The number of ether oxygens (including phenoxy) is 3. The van der Waals surface area contributed by atoms with Crippen LogP contribution in [0.25, 0.3) is 0 Å². The van der Waals surface area contributed by atoms with Gasteiger partial charge in [-0.1, -0.05) is 60.1 Å². The first-order valence-corrected chi connectivity index (χ1v) is 13.1. The monoisotopic (exact) mass is 554 g/mol. The minimum atomic E-state index is -0.0546. The third-order valence-corrected chi connectivity index (χ3v) is 6.94. The Kier molecular flexibility index (Phi) is 9.90. The first-order valence-electron chi connectivity index (χ1n) is 12.4. The Bertz CT molecular complexity index is 1270. The predicted octanol–water partition coefficient (Wildman–Crippen LogP) is 5.92. The van der Waals surface area contributed by atoms with Crippen LogP contribution in [0.2, 0.25) is 10.0 Å². The van der Waals surface area contributed by atoms with Gasteiger partial charge in [-0.15, -0.1) is 0 Å². The van der Waals surface area contributed by atoms with Crippen molar-refractivity contribution in [1.29, 1.82) is 0 Å². The van der Waals surface area contributed by atoms with E-state index in [9.17, 15) is 0 Å². The molecule has 0 aliphatic carbocycles. The molecule has 1 saturated heterocycles. The predicted molar refractivity (Wildman–Crippen MR) is 155 cm³/mol. The topological polar surface area (TPSA) is 81.3 Å². The van der Waals surface area contributed by atoms with Gasteiger partial charge in [0, 0.05) is 31.3 Å². The summed E-state index contributed by atoms with van der Waals surface area (Å²) in [5.74, 6) is 1.36. The molecule has 3 aromatic carbocycles. The van der Waals surface area contributed by atoms with Crippen LogP contribution in [0.5, 0.6) is 11.5 Å². The number of hydrogen-bond acceptors (Lipinski definition) is 6. The molecule has 3 aromatic rings. The minimum Gasteiger partial charge on any atom is -0.493 e. The fourth-order valence-electron chi connectivity index (χ4n) is 4.23. The Hall–Kier alpha value is -3.23. The summed E-state index contributed by atoms with van der Waals surface area (Å²) in [6.45, 7) is 7.52. The first-order chi connectivity index (χ1) is 18.5. The van der Waals surface area contributed by atoms with Crippen LogP contribution in [0.1, 0.15) is 11.1 Å². The Labute approximate surface area is 233 Å². The van der Waals surface area contributed by atoms with Crippen molar-refractivity contribution in [3.63, 3.8) is 0 Å². The van der Waals surface area contributed by atoms with Gasteiger partial charge in [0.05, 0.1) is 35.1 Å². The molecule has 3 N–H and O–H groups in total. The maximum Gasteiger partial charge on any atom is 0.163 e. The lowest BCUT2D eigenvalue weighted by Gasteiger charge is -2.33. The van der Waals surface area contributed by atoms with Crippen LogP contribution in [0.3, 0.4) is 0 Å². The highest BCUT2D eigenvalue weighted by Crippen LogP contribution is 2.35. The molecule has 1 heterocycles. The van der Waals surface area contributed by atoms with Crippen LogP contribution in [0.15, 0.2) is 78.4 Å². The lowest BCUT2D eigenvalue weighted by Crippen LogP contribution is -2.45. The summed E-state index contributed by atoms with van der Waals surface area (Å²) in [4.78, 5) is 6.91. The quantitative estimate of drug-likeness (QED) is 0.226. The maximum absolute atomic E-state index is 6.37. The average molecular weight is 556 g/mol. The largest absolute Gasteiger partial charge is 0.493 e. The van der Waals surface area contributed by atoms with Crippen molar-refractivity contribution in [2.75, 3.05) is 45.3 Å². The van der Waals surface area contributed by atoms with Gasteiger partial charge in [0.1, 0.15) is 18.5 Å². The Morgan fingerprint density at radius 3 is 2.71 bits per heavy atom. The molecular weight excluding hydrogens is 523 g/mol. The summed E-state index contributed by atoms with van der Waals surface area (Å²) < 4.78 is 17.8. The second kappa shape index (κ2) is 13.5. The third-order valence-electron chi connectivity index (χ3n) is 6.20. The normalized spacial score (nSPS) is 16.2. The number of halogens is 2. The molecule has 1 atom stereocenters. The van der Waals surface area contributed by atoms with E-state index in [0.29, 0.717) is 51.7 Å². The Balaban J connectivity index is 1.45. The number of methoxy groups -OCH3 is 1. The molecule has 0 amide bonds. The number of benzene rings is 3. The zero-order valence-corrected chi connectivity index (χ0v) is 22.8. The summed E-state index contributed by atoms with van der Waals surface area (Å²) in [5.41, 5.74) is 9.58. The van der Waals surface area contributed by atoms with Crippen LogP contribution in [-0.2, 0) is 11.2 Å². The van der Waals surface area contributed by atoms with Crippen LogP contribution in [-0.4, -0.2) is 56.8 Å². The number of nitrogens with zero attached hydrogens (tertiary/aromatic N) is 2. The van der Waals surface area contributed by atoms with Crippen molar-refractivity contribution in [2.45, 2.75) is 12.5 Å². The fourth-order valence-corrected chi connectivity index (χ4v) is 4.52. The number of morpholine rings is 1. The third kappa shape index (κ3) is 7.42. The molecule has 0 aromatic heterocycles. The van der Waals surface area contributed by atoms with Gasteiger partial charge in [-0.3, -0.25) is 4.90 Å². The van der Waals surface area contributed by atoms with E-state index in [1.165, 1.54) is 5.56 Å². The van der Waals surface area contributed by atoms with Crippen molar-refractivity contribution in [2.24, 2.45) is 10.7 Å². The van der Waals surface area contributed by atoms with E-state index in [4.69, 9.17) is 43.1 Å². The lowest BCUT2D eigenvalue weighted by atomic mass is 10.1. The molecule has 0 radical (unpaired) electrons. The molecule has 0 saturated carbocycles. The van der Waals surface area contributed by atoms with E-state index in [1.54, 1.807) is 37.6 Å². The highest BCUT2D eigenvalue weighted by atomic mass is 35.5. The zero-order valence-electron chi connectivity index (χ0n) is 21.3. The SMILES string of the molecule is C=CNc1cc(OCC2CN(CCc3ccccc3)CCO2)c(OC)cc1C(N)=Nc1ccc(Cl)c(Cl)c1. The van der Waals surface area contributed by atoms with Crippen LogP contribution >= 0.6 is 23.2 Å². The van der Waals surface area contributed by atoms with Crippen LogP contribution < -0.4 is 20.5 Å². The summed E-state index contributed by atoms with van der Waals surface area (Å²) in [7, 11) is 1.58. The molecule has 0 spiro atoms. The molecule has 4 rings (SSSR count). The van der Waals surface area contributed by atoms with Crippen LogP contribution in [0.4, 0.5) is 11.4 Å². The Morgan fingerprint density at radius 1 is 1.16 bits per heavy atom. The number of hydrogen-bond donors (Lipinski definition) is 2. The van der Waals surface area contributed by atoms with Crippen molar-refractivity contribution in [3.05, 3.63) is 94.6 Å². The maximum atomic E-state index is 6.37. The standard InChI is InChI=1S/C29H32Cl2N4O3/c1-3-33-26-17-28(27(36-2)16-23(26)29(32)34-21-9-10-24(30)25(31)15-21)38-19-22-18-35(13-14-37-22)12-11-20-7-5-4-6-8-20/h3-10,15-17,22,33H,1,11-14,18-19H2,2H3,(H2,32,34). The molecule has 9 heteroatoms. The first kappa shape index (κ1) is 27.8. The van der Waals surface area contributed by atoms with Gasteiger partial charge >= 0.3 is 0 Å². The number of aliphatic imine (C=N–C) groups is 1. The summed E-state index contributed by atoms with van der Waals surface area (Å²) in [6.07, 6.45) is 2.52. The zero-order chi connectivity index (χ0) is 26.9. The van der Waals surface area contributed by atoms with E-state index >= 15 is 0 Å².